The van der Waals surface area contributed by atoms with Gasteiger partial charge in [-0.25, -0.2) is 13.2 Å². The topological polar surface area (TPSA) is 75.7 Å². The molecule has 1 fully saturated rings. The number of methoxy groups -OCH3 is 1. The van der Waals surface area contributed by atoms with Gasteiger partial charge in [-0.05, 0) is 12.3 Å². The maximum absolute atomic E-state index is 12.1. The van der Waals surface area contributed by atoms with E-state index in [1.54, 1.807) is 12.0 Å². The van der Waals surface area contributed by atoms with E-state index in [-0.39, 0.29) is 23.6 Å². The van der Waals surface area contributed by atoms with Gasteiger partial charge in [0.15, 0.2) is 9.84 Å². The SMILES string of the molecule is COCCN(C(=O)NCC(C)C)C1CCS(=O)(=O)C1. The molecule has 2 amide bonds. The molecule has 112 valence electrons. The number of hydrogen-bond donors (Lipinski definition) is 1. The van der Waals surface area contributed by atoms with Gasteiger partial charge in [0.05, 0.1) is 18.1 Å². The zero-order valence-electron chi connectivity index (χ0n) is 11.9. The first-order valence-corrected chi connectivity index (χ1v) is 8.41. The summed E-state index contributed by atoms with van der Waals surface area (Å²) in [5.41, 5.74) is 0. The van der Waals surface area contributed by atoms with Crippen LogP contribution in [0.3, 0.4) is 0 Å². The van der Waals surface area contributed by atoms with Crippen molar-refractivity contribution in [3.05, 3.63) is 0 Å². The van der Waals surface area contributed by atoms with E-state index in [0.29, 0.717) is 32.0 Å². The van der Waals surface area contributed by atoms with Crippen LogP contribution in [0.4, 0.5) is 4.79 Å². The number of carbonyl (C=O) groups excluding carboxylic acids is 1. The predicted molar refractivity (Wildman–Crippen MR) is 73.9 cm³/mol. The van der Waals surface area contributed by atoms with Crippen molar-refractivity contribution in [2.24, 2.45) is 5.92 Å². The standard InChI is InChI=1S/C12H24N2O4S/c1-10(2)8-13-12(15)14(5-6-18-3)11-4-7-19(16,17)9-11/h10-11H,4-9H2,1-3H3,(H,13,15). The first-order chi connectivity index (χ1) is 8.85. The number of ether oxygens (including phenoxy) is 1. The van der Waals surface area contributed by atoms with Gasteiger partial charge in [0.1, 0.15) is 0 Å². The Bertz CT molecular complexity index is 395. The van der Waals surface area contributed by atoms with Crippen molar-refractivity contribution in [3.8, 4) is 0 Å². The third-order valence-electron chi connectivity index (χ3n) is 3.11. The molecular formula is C12H24N2O4S. The molecule has 1 aliphatic rings. The Labute approximate surface area is 115 Å². The van der Waals surface area contributed by atoms with Gasteiger partial charge in [-0.1, -0.05) is 13.8 Å². The maximum Gasteiger partial charge on any atom is 0.317 e. The molecule has 0 aromatic heterocycles. The molecule has 1 N–H and O–H groups in total. The quantitative estimate of drug-likeness (QED) is 0.773. The molecule has 0 aliphatic carbocycles. The number of carbonyl (C=O) groups is 1. The summed E-state index contributed by atoms with van der Waals surface area (Å²) in [4.78, 5) is 13.7. The fraction of sp³-hybridized carbons (Fsp3) is 0.917. The summed E-state index contributed by atoms with van der Waals surface area (Å²) in [5, 5.41) is 2.83. The van der Waals surface area contributed by atoms with E-state index in [0.717, 1.165) is 0 Å². The second-order valence-electron chi connectivity index (χ2n) is 5.32. The van der Waals surface area contributed by atoms with Crippen LogP contribution in [0.25, 0.3) is 0 Å². The van der Waals surface area contributed by atoms with Crippen LogP contribution in [-0.2, 0) is 14.6 Å². The minimum atomic E-state index is -2.99. The average molecular weight is 292 g/mol. The van der Waals surface area contributed by atoms with Crippen LogP contribution in [0.2, 0.25) is 0 Å². The molecule has 6 nitrogen and oxygen atoms in total. The minimum absolute atomic E-state index is 0.0613. The van der Waals surface area contributed by atoms with E-state index in [2.05, 4.69) is 5.32 Å². The Morgan fingerprint density at radius 1 is 1.47 bits per heavy atom. The van der Waals surface area contributed by atoms with Crippen molar-refractivity contribution in [3.63, 3.8) is 0 Å². The molecule has 0 radical (unpaired) electrons. The molecule has 1 rings (SSSR count). The smallest absolute Gasteiger partial charge is 0.317 e. The number of nitrogens with zero attached hydrogens (tertiary/aromatic N) is 1. The largest absolute Gasteiger partial charge is 0.383 e. The van der Waals surface area contributed by atoms with Gasteiger partial charge in [-0.15, -0.1) is 0 Å². The van der Waals surface area contributed by atoms with Gasteiger partial charge in [-0.2, -0.15) is 0 Å². The number of amides is 2. The Morgan fingerprint density at radius 2 is 2.16 bits per heavy atom. The molecule has 0 aromatic rings. The molecule has 1 aliphatic heterocycles. The lowest BCUT2D eigenvalue weighted by atomic mass is 10.2. The number of sulfone groups is 1. The summed E-state index contributed by atoms with van der Waals surface area (Å²) in [6.07, 6.45) is 0.515. The molecule has 1 heterocycles. The molecule has 0 spiro atoms. The van der Waals surface area contributed by atoms with Crippen molar-refractivity contribution < 1.29 is 17.9 Å². The van der Waals surface area contributed by atoms with Crippen LogP contribution >= 0.6 is 0 Å². The van der Waals surface area contributed by atoms with Crippen molar-refractivity contribution in [1.29, 1.82) is 0 Å². The molecule has 19 heavy (non-hydrogen) atoms. The molecule has 7 heteroatoms. The van der Waals surface area contributed by atoms with Crippen LogP contribution in [0.5, 0.6) is 0 Å². The summed E-state index contributed by atoms with van der Waals surface area (Å²) < 4.78 is 28.0. The highest BCUT2D eigenvalue weighted by Crippen LogP contribution is 2.17. The lowest BCUT2D eigenvalue weighted by molar-refractivity contribution is 0.133. The van der Waals surface area contributed by atoms with E-state index in [1.165, 1.54) is 0 Å². The number of nitrogens with one attached hydrogen (secondary N) is 1. The Balaban J connectivity index is 2.63. The molecule has 0 aromatic carbocycles. The van der Waals surface area contributed by atoms with Crippen molar-refractivity contribution in [1.82, 2.24) is 10.2 Å². The second kappa shape index (κ2) is 7.09. The third-order valence-corrected chi connectivity index (χ3v) is 4.86. The van der Waals surface area contributed by atoms with Gasteiger partial charge in [-0.3, -0.25) is 0 Å². The maximum atomic E-state index is 12.1. The molecule has 0 bridgehead atoms. The van der Waals surface area contributed by atoms with E-state index in [1.807, 2.05) is 13.8 Å². The zero-order valence-corrected chi connectivity index (χ0v) is 12.7. The Hall–Kier alpha value is -0.820. The van der Waals surface area contributed by atoms with Crippen LogP contribution in [0.15, 0.2) is 0 Å². The lowest BCUT2D eigenvalue weighted by Gasteiger charge is -2.28. The molecule has 1 saturated heterocycles. The lowest BCUT2D eigenvalue weighted by Crippen LogP contribution is -2.48. The van der Waals surface area contributed by atoms with Gasteiger partial charge in [0.2, 0.25) is 0 Å². The van der Waals surface area contributed by atoms with Crippen LogP contribution in [0.1, 0.15) is 20.3 Å². The first-order valence-electron chi connectivity index (χ1n) is 6.59. The van der Waals surface area contributed by atoms with E-state index < -0.39 is 9.84 Å². The van der Waals surface area contributed by atoms with Crippen molar-refractivity contribution in [2.45, 2.75) is 26.3 Å². The molecule has 0 saturated carbocycles. The summed E-state index contributed by atoms with van der Waals surface area (Å²) in [5.74, 6) is 0.588. The molecular weight excluding hydrogens is 268 g/mol. The number of urea groups is 1. The summed E-state index contributed by atoms with van der Waals surface area (Å²) >= 11 is 0. The number of rotatable bonds is 6. The van der Waals surface area contributed by atoms with Gasteiger partial charge in [0, 0.05) is 26.2 Å². The normalized spacial score (nSPS) is 21.6. The van der Waals surface area contributed by atoms with Crippen LogP contribution < -0.4 is 5.32 Å². The Morgan fingerprint density at radius 3 is 2.63 bits per heavy atom. The van der Waals surface area contributed by atoms with Crippen molar-refractivity contribution >= 4 is 15.9 Å². The highest BCUT2D eigenvalue weighted by Gasteiger charge is 2.34. The Kier molecular flexibility index (Phi) is 6.06. The van der Waals surface area contributed by atoms with Crippen LogP contribution in [-0.4, -0.2) is 63.7 Å². The zero-order chi connectivity index (χ0) is 14.5. The third kappa shape index (κ3) is 5.36. The first kappa shape index (κ1) is 16.2. The fourth-order valence-corrected chi connectivity index (χ4v) is 3.78. The van der Waals surface area contributed by atoms with Gasteiger partial charge >= 0.3 is 6.03 Å². The predicted octanol–water partition coefficient (Wildman–Crippen LogP) is 0.488. The van der Waals surface area contributed by atoms with E-state index >= 15 is 0 Å². The molecule has 1 atom stereocenters. The highest BCUT2D eigenvalue weighted by molar-refractivity contribution is 7.91. The van der Waals surface area contributed by atoms with Crippen molar-refractivity contribution in [2.75, 3.05) is 38.3 Å². The summed E-state index contributed by atoms with van der Waals surface area (Å²) in [6.45, 7) is 5.44. The van der Waals surface area contributed by atoms with Gasteiger partial charge < -0.3 is 15.0 Å². The highest BCUT2D eigenvalue weighted by atomic mass is 32.2. The second-order valence-corrected chi connectivity index (χ2v) is 7.55. The summed E-state index contributed by atoms with van der Waals surface area (Å²) in [7, 11) is -1.43. The van der Waals surface area contributed by atoms with E-state index in [4.69, 9.17) is 4.74 Å². The average Bonchev–Trinajstić information content (AvgIpc) is 2.67. The monoisotopic (exact) mass is 292 g/mol. The number of hydrogen-bond acceptors (Lipinski definition) is 4. The minimum Gasteiger partial charge on any atom is -0.383 e. The van der Waals surface area contributed by atoms with Crippen LogP contribution in [0, 0.1) is 5.92 Å². The van der Waals surface area contributed by atoms with Gasteiger partial charge in [0.25, 0.3) is 0 Å². The molecule has 1 unspecified atom stereocenters. The fourth-order valence-electron chi connectivity index (χ4n) is 2.05. The summed E-state index contributed by atoms with van der Waals surface area (Å²) in [6, 6.07) is -0.430. The van der Waals surface area contributed by atoms with E-state index in [9.17, 15) is 13.2 Å².